The second-order valence-corrected chi connectivity index (χ2v) is 7.65. The number of hydrogen-bond acceptors (Lipinski definition) is 7. The third-order valence-electron chi connectivity index (χ3n) is 5.41. The van der Waals surface area contributed by atoms with Crippen LogP contribution in [0.25, 0.3) is 5.69 Å². The van der Waals surface area contributed by atoms with E-state index < -0.39 is 6.43 Å². The number of aromatic nitrogens is 5. The lowest BCUT2D eigenvalue weighted by molar-refractivity contribution is 0.0729. The van der Waals surface area contributed by atoms with Crippen molar-refractivity contribution >= 4 is 11.7 Å². The highest BCUT2D eigenvalue weighted by Gasteiger charge is 2.30. The van der Waals surface area contributed by atoms with Crippen LogP contribution in [0.4, 0.5) is 14.6 Å². The van der Waals surface area contributed by atoms with Gasteiger partial charge in [-0.3, -0.25) is 9.63 Å². The molecule has 0 spiro atoms. The van der Waals surface area contributed by atoms with E-state index in [0.717, 1.165) is 12.8 Å². The first-order chi connectivity index (χ1) is 15.6. The van der Waals surface area contributed by atoms with Crippen LogP contribution in [0.5, 0.6) is 0 Å². The monoisotopic (exact) mass is 441 g/mol. The van der Waals surface area contributed by atoms with Crippen LogP contribution >= 0.6 is 0 Å². The Kier molecular flexibility index (Phi) is 5.48. The van der Waals surface area contributed by atoms with E-state index in [1.54, 1.807) is 35.5 Å². The lowest BCUT2D eigenvalue weighted by Gasteiger charge is -2.22. The fourth-order valence-electron chi connectivity index (χ4n) is 3.61. The number of carbonyl (C=O) groups excluding carboxylic acids is 1. The Labute approximate surface area is 182 Å². The SMILES string of the molecule is O=C(c1ccccc1-n1nccn1)N1CCON(c2cc(C(F)F)nc(C3CC3)n2)CC1. The Hall–Kier alpha value is -3.47. The number of benzene rings is 1. The maximum atomic E-state index is 13.4. The molecule has 1 aliphatic heterocycles. The molecule has 1 saturated carbocycles. The van der Waals surface area contributed by atoms with Crippen LogP contribution in [0.1, 0.15) is 47.1 Å². The molecule has 2 fully saturated rings. The number of amides is 1. The molecule has 32 heavy (non-hydrogen) atoms. The number of nitrogens with zero attached hydrogens (tertiary/aromatic N) is 7. The van der Waals surface area contributed by atoms with Crippen molar-refractivity contribution in [3.05, 3.63) is 59.8 Å². The van der Waals surface area contributed by atoms with Crippen molar-refractivity contribution in [3.63, 3.8) is 0 Å². The van der Waals surface area contributed by atoms with E-state index in [9.17, 15) is 13.6 Å². The Bertz CT molecular complexity index is 1090. The summed E-state index contributed by atoms with van der Waals surface area (Å²) in [7, 11) is 0. The lowest BCUT2D eigenvalue weighted by atomic mass is 10.1. The molecule has 5 rings (SSSR count). The third-order valence-corrected chi connectivity index (χ3v) is 5.41. The molecule has 0 atom stereocenters. The Morgan fingerprint density at radius 2 is 1.84 bits per heavy atom. The molecule has 0 radical (unpaired) electrons. The standard InChI is InChI=1S/C21H21F2N7O2/c22-19(23)16-13-18(27-20(26-16)14-5-6-14)29-10-9-28(11-12-32-29)21(31)15-3-1-2-4-17(15)30-24-7-8-25-30/h1-4,7-8,13-14,19H,5-6,9-12H2. The van der Waals surface area contributed by atoms with Gasteiger partial charge in [0.2, 0.25) is 0 Å². The molecule has 1 aromatic carbocycles. The van der Waals surface area contributed by atoms with Crippen molar-refractivity contribution in [3.8, 4) is 5.69 Å². The van der Waals surface area contributed by atoms with Crippen molar-refractivity contribution in [2.45, 2.75) is 25.2 Å². The summed E-state index contributed by atoms with van der Waals surface area (Å²) in [6.45, 7) is 1.18. The zero-order chi connectivity index (χ0) is 22.1. The van der Waals surface area contributed by atoms with Crippen LogP contribution in [-0.4, -0.2) is 62.0 Å². The van der Waals surface area contributed by atoms with Crippen molar-refractivity contribution in [2.75, 3.05) is 31.3 Å². The predicted molar refractivity (Wildman–Crippen MR) is 110 cm³/mol. The van der Waals surface area contributed by atoms with Gasteiger partial charge in [-0.2, -0.15) is 15.0 Å². The van der Waals surface area contributed by atoms with Crippen LogP contribution in [0.15, 0.2) is 42.7 Å². The largest absolute Gasteiger partial charge is 0.334 e. The van der Waals surface area contributed by atoms with E-state index in [0.29, 0.717) is 36.0 Å². The molecule has 0 bridgehead atoms. The maximum Gasteiger partial charge on any atom is 0.280 e. The quantitative estimate of drug-likeness (QED) is 0.602. The fourth-order valence-corrected chi connectivity index (χ4v) is 3.61. The molecule has 11 heteroatoms. The average molecular weight is 441 g/mol. The zero-order valence-corrected chi connectivity index (χ0v) is 17.1. The van der Waals surface area contributed by atoms with Gasteiger partial charge in [-0.15, -0.1) is 0 Å². The van der Waals surface area contributed by atoms with E-state index in [4.69, 9.17) is 4.84 Å². The van der Waals surface area contributed by atoms with Crippen molar-refractivity contribution in [1.29, 1.82) is 0 Å². The second-order valence-electron chi connectivity index (χ2n) is 7.65. The van der Waals surface area contributed by atoms with E-state index in [1.807, 2.05) is 6.07 Å². The Morgan fingerprint density at radius 3 is 2.59 bits per heavy atom. The number of para-hydroxylation sites is 1. The van der Waals surface area contributed by atoms with Gasteiger partial charge in [0.25, 0.3) is 12.3 Å². The summed E-state index contributed by atoms with van der Waals surface area (Å²) in [5.41, 5.74) is 0.740. The molecular weight excluding hydrogens is 420 g/mol. The highest BCUT2D eigenvalue weighted by Crippen LogP contribution is 2.39. The van der Waals surface area contributed by atoms with E-state index in [1.165, 1.54) is 15.9 Å². The van der Waals surface area contributed by atoms with Crippen molar-refractivity contribution in [2.24, 2.45) is 0 Å². The number of hydrogen-bond donors (Lipinski definition) is 0. The minimum atomic E-state index is -2.69. The van der Waals surface area contributed by atoms with E-state index in [2.05, 4.69) is 20.2 Å². The molecule has 2 aliphatic rings. The van der Waals surface area contributed by atoms with Crippen LogP contribution in [-0.2, 0) is 4.84 Å². The van der Waals surface area contributed by atoms with Crippen molar-refractivity contribution in [1.82, 2.24) is 29.9 Å². The number of anilines is 1. The molecule has 9 nitrogen and oxygen atoms in total. The van der Waals surface area contributed by atoms with Gasteiger partial charge >= 0.3 is 0 Å². The first-order valence-electron chi connectivity index (χ1n) is 10.4. The molecule has 3 aromatic rings. The highest BCUT2D eigenvalue weighted by atomic mass is 19.3. The highest BCUT2D eigenvalue weighted by molar-refractivity contribution is 5.97. The van der Waals surface area contributed by atoms with Crippen LogP contribution < -0.4 is 5.06 Å². The molecule has 2 aromatic heterocycles. The molecule has 0 unspecified atom stereocenters. The first-order valence-corrected chi connectivity index (χ1v) is 10.4. The number of rotatable bonds is 5. The van der Waals surface area contributed by atoms with Gasteiger partial charge in [0.15, 0.2) is 5.82 Å². The Morgan fingerprint density at radius 1 is 1.06 bits per heavy atom. The summed E-state index contributed by atoms with van der Waals surface area (Å²) in [4.78, 5) is 30.6. The summed E-state index contributed by atoms with van der Waals surface area (Å²) >= 11 is 0. The van der Waals surface area contributed by atoms with Gasteiger partial charge < -0.3 is 4.90 Å². The smallest absolute Gasteiger partial charge is 0.280 e. The summed E-state index contributed by atoms with van der Waals surface area (Å²) in [6.07, 6.45) is 2.21. The fraction of sp³-hybridized carbons (Fsp3) is 0.381. The maximum absolute atomic E-state index is 13.4. The summed E-state index contributed by atoms with van der Waals surface area (Å²) in [5, 5.41) is 9.72. The first kappa shape index (κ1) is 20.4. The average Bonchev–Trinajstić information content (AvgIpc) is 3.58. The van der Waals surface area contributed by atoms with E-state index >= 15 is 0 Å². The number of halogens is 2. The zero-order valence-electron chi connectivity index (χ0n) is 17.1. The predicted octanol–water partition coefficient (Wildman–Crippen LogP) is 2.77. The molecule has 1 amide bonds. The minimum Gasteiger partial charge on any atom is -0.334 e. The van der Waals surface area contributed by atoms with Gasteiger partial charge in [0, 0.05) is 25.1 Å². The Balaban J connectivity index is 1.35. The van der Waals surface area contributed by atoms with Crippen LogP contribution in [0.3, 0.4) is 0 Å². The summed E-state index contributed by atoms with van der Waals surface area (Å²) in [6, 6.07) is 8.36. The third kappa shape index (κ3) is 4.15. The van der Waals surface area contributed by atoms with Gasteiger partial charge in [-0.1, -0.05) is 12.1 Å². The van der Waals surface area contributed by atoms with E-state index in [-0.39, 0.29) is 30.7 Å². The second kappa shape index (κ2) is 8.58. The lowest BCUT2D eigenvalue weighted by Crippen LogP contribution is -2.36. The van der Waals surface area contributed by atoms with Crippen LogP contribution in [0, 0.1) is 0 Å². The summed E-state index contributed by atoms with van der Waals surface area (Å²) < 4.78 is 26.7. The normalized spacial score (nSPS) is 17.0. The molecule has 0 N–H and O–H groups in total. The molecular formula is C21H21F2N7O2. The van der Waals surface area contributed by atoms with Gasteiger partial charge in [0.1, 0.15) is 11.5 Å². The van der Waals surface area contributed by atoms with Crippen molar-refractivity contribution < 1.29 is 18.4 Å². The number of hydroxylamine groups is 1. The molecule has 1 aliphatic carbocycles. The summed E-state index contributed by atoms with van der Waals surface area (Å²) in [5.74, 6) is 0.676. The van der Waals surface area contributed by atoms with Gasteiger partial charge in [-0.05, 0) is 25.0 Å². The minimum absolute atomic E-state index is 0.130. The topological polar surface area (TPSA) is 89.3 Å². The molecule has 3 heterocycles. The van der Waals surface area contributed by atoms with Gasteiger partial charge in [0.05, 0.1) is 36.8 Å². The molecule has 166 valence electrons. The van der Waals surface area contributed by atoms with Gasteiger partial charge in [-0.25, -0.2) is 23.8 Å². The number of carbonyl (C=O) groups is 1. The van der Waals surface area contributed by atoms with Crippen LogP contribution in [0.2, 0.25) is 0 Å². The molecule has 1 saturated heterocycles. The number of alkyl halides is 2.